The Balaban J connectivity index is 1.49. The van der Waals surface area contributed by atoms with Crippen molar-refractivity contribution in [3.8, 4) is 0 Å². The van der Waals surface area contributed by atoms with Crippen molar-refractivity contribution in [2.24, 2.45) is 0 Å². The first-order valence-electron chi connectivity index (χ1n) is 9.02. The largest absolute Gasteiger partial charge is 0.333 e. The van der Waals surface area contributed by atoms with Crippen molar-refractivity contribution in [1.29, 1.82) is 0 Å². The van der Waals surface area contributed by atoms with Crippen molar-refractivity contribution in [1.82, 2.24) is 19.9 Å². The molecule has 11 heteroatoms. The number of thiazole rings is 1. The number of benzene rings is 1. The van der Waals surface area contributed by atoms with E-state index in [2.05, 4.69) is 20.3 Å². The van der Waals surface area contributed by atoms with Gasteiger partial charge in [0, 0.05) is 47.4 Å². The minimum Gasteiger partial charge on any atom is -0.333 e. The fraction of sp³-hybridized carbons (Fsp3) is 0.211. The molecule has 2 amide bonds. The normalized spacial score (nSPS) is 12.9. The third-order valence-corrected chi connectivity index (χ3v) is 5.69. The molecule has 0 fully saturated rings. The minimum atomic E-state index is -0.490. The Morgan fingerprint density at radius 3 is 2.87 bits per heavy atom. The van der Waals surface area contributed by atoms with Crippen molar-refractivity contribution in [3.63, 3.8) is 0 Å². The van der Waals surface area contributed by atoms with Crippen LogP contribution in [0.2, 0.25) is 0 Å². The summed E-state index contributed by atoms with van der Waals surface area (Å²) in [5, 5.41) is 14.3. The number of hydrogen-bond acceptors (Lipinski definition) is 8. The summed E-state index contributed by atoms with van der Waals surface area (Å²) in [5.74, 6) is -0.684. The Morgan fingerprint density at radius 2 is 2.13 bits per heavy atom. The molecule has 1 aliphatic rings. The lowest BCUT2D eigenvalue weighted by Crippen LogP contribution is -2.35. The van der Waals surface area contributed by atoms with Crippen LogP contribution < -0.4 is 5.32 Å². The van der Waals surface area contributed by atoms with Gasteiger partial charge in [-0.3, -0.25) is 30.0 Å². The molecule has 0 atom stereocenters. The molecule has 0 bridgehead atoms. The summed E-state index contributed by atoms with van der Waals surface area (Å²) in [4.78, 5) is 50.5. The molecule has 1 N–H and O–H groups in total. The standard InChI is InChI=1S/C19H16N6O4S/c1-11-2-3-12(8-15(11)25(28)29)18(27)24-7-4-13-16(10-24)30-19(22-13)23-17(26)14-9-20-5-6-21-14/h2-3,5-6,8-9H,4,7,10H2,1H3,(H,22,23,26). The van der Waals surface area contributed by atoms with Crippen LogP contribution in [0, 0.1) is 17.0 Å². The van der Waals surface area contributed by atoms with Gasteiger partial charge in [0.2, 0.25) is 0 Å². The summed E-state index contributed by atoms with van der Waals surface area (Å²) in [7, 11) is 0. The maximum atomic E-state index is 12.9. The molecule has 3 aromatic rings. The lowest BCUT2D eigenvalue weighted by Gasteiger charge is -2.26. The first-order chi connectivity index (χ1) is 14.4. The van der Waals surface area contributed by atoms with Gasteiger partial charge in [-0.05, 0) is 13.0 Å². The van der Waals surface area contributed by atoms with E-state index in [1.807, 2.05) is 0 Å². The van der Waals surface area contributed by atoms with Gasteiger partial charge in [0.25, 0.3) is 17.5 Å². The van der Waals surface area contributed by atoms with E-state index in [1.165, 1.54) is 36.0 Å². The van der Waals surface area contributed by atoms with Crippen LogP contribution in [0.25, 0.3) is 0 Å². The Labute approximate surface area is 174 Å². The smallest absolute Gasteiger partial charge is 0.277 e. The zero-order valence-electron chi connectivity index (χ0n) is 15.9. The average Bonchev–Trinajstić information content (AvgIpc) is 3.15. The summed E-state index contributed by atoms with van der Waals surface area (Å²) in [6.07, 6.45) is 4.81. The predicted molar refractivity (Wildman–Crippen MR) is 108 cm³/mol. The highest BCUT2D eigenvalue weighted by atomic mass is 32.1. The number of fused-ring (bicyclic) bond motifs is 1. The van der Waals surface area contributed by atoms with E-state index in [1.54, 1.807) is 24.0 Å². The van der Waals surface area contributed by atoms with E-state index in [9.17, 15) is 19.7 Å². The van der Waals surface area contributed by atoms with Crippen LogP contribution >= 0.6 is 11.3 Å². The molecule has 4 rings (SSSR count). The van der Waals surface area contributed by atoms with E-state index in [-0.39, 0.29) is 22.9 Å². The van der Waals surface area contributed by atoms with E-state index < -0.39 is 10.8 Å². The number of nitrogens with zero attached hydrogens (tertiary/aromatic N) is 5. The van der Waals surface area contributed by atoms with Gasteiger partial charge in [-0.2, -0.15) is 0 Å². The van der Waals surface area contributed by atoms with E-state index in [0.29, 0.717) is 30.2 Å². The first kappa shape index (κ1) is 19.6. The molecule has 0 saturated heterocycles. The van der Waals surface area contributed by atoms with Gasteiger partial charge in [-0.1, -0.05) is 17.4 Å². The Bertz CT molecular complexity index is 1150. The second-order valence-electron chi connectivity index (χ2n) is 6.67. The highest BCUT2D eigenvalue weighted by Gasteiger charge is 2.26. The molecule has 0 spiro atoms. The molecule has 0 unspecified atom stereocenters. The number of aromatic nitrogens is 3. The monoisotopic (exact) mass is 424 g/mol. The number of nitro groups is 1. The molecular formula is C19H16N6O4S. The van der Waals surface area contributed by atoms with Crippen LogP contribution in [0.1, 0.15) is 37.0 Å². The number of rotatable bonds is 4. The maximum Gasteiger partial charge on any atom is 0.277 e. The molecule has 152 valence electrons. The molecule has 3 heterocycles. The fourth-order valence-electron chi connectivity index (χ4n) is 3.12. The Kier molecular flexibility index (Phi) is 5.19. The van der Waals surface area contributed by atoms with Crippen LogP contribution in [0.4, 0.5) is 10.8 Å². The van der Waals surface area contributed by atoms with Gasteiger partial charge in [-0.15, -0.1) is 0 Å². The van der Waals surface area contributed by atoms with Crippen LogP contribution in [-0.2, 0) is 13.0 Å². The number of amides is 2. The summed E-state index contributed by atoms with van der Waals surface area (Å²) in [5.41, 5.74) is 1.71. The molecule has 10 nitrogen and oxygen atoms in total. The van der Waals surface area contributed by atoms with E-state index in [0.717, 1.165) is 10.6 Å². The maximum absolute atomic E-state index is 12.9. The summed E-state index contributed by atoms with van der Waals surface area (Å²) in [6.45, 7) is 2.40. The second kappa shape index (κ2) is 7.95. The van der Waals surface area contributed by atoms with Crippen LogP contribution in [0.3, 0.4) is 0 Å². The Hall–Kier alpha value is -3.73. The fourth-order valence-corrected chi connectivity index (χ4v) is 4.14. The number of anilines is 1. The number of aryl methyl sites for hydroxylation is 1. The topological polar surface area (TPSA) is 131 Å². The molecule has 1 aromatic carbocycles. The quantitative estimate of drug-likeness (QED) is 0.503. The van der Waals surface area contributed by atoms with Crippen molar-refractivity contribution < 1.29 is 14.5 Å². The zero-order chi connectivity index (χ0) is 21.3. The molecule has 2 aromatic heterocycles. The van der Waals surface area contributed by atoms with Crippen LogP contribution in [0.5, 0.6) is 0 Å². The molecule has 1 aliphatic heterocycles. The summed E-state index contributed by atoms with van der Waals surface area (Å²) < 4.78 is 0. The van der Waals surface area contributed by atoms with Gasteiger partial charge in [-0.25, -0.2) is 9.97 Å². The van der Waals surface area contributed by atoms with Gasteiger partial charge >= 0.3 is 0 Å². The zero-order valence-corrected chi connectivity index (χ0v) is 16.7. The average molecular weight is 424 g/mol. The predicted octanol–water partition coefficient (Wildman–Crippen LogP) is 2.60. The highest BCUT2D eigenvalue weighted by molar-refractivity contribution is 7.15. The van der Waals surface area contributed by atoms with Gasteiger partial charge in [0.15, 0.2) is 5.13 Å². The van der Waals surface area contributed by atoms with Crippen LogP contribution in [-0.4, -0.2) is 43.1 Å². The van der Waals surface area contributed by atoms with E-state index >= 15 is 0 Å². The van der Waals surface area contributed by atoms with Gasteiger partial charge in [0.1, 0.15) is 5.69 Å². The number of carbonyl (C=O) groups is 2. The second-order valence-corrected chi connectivity index (χ2v) is 7.75. The highest BCUT2D eigenvalue weighted by Crippen LogP contribution is 2.30. The van der Waals surface area contributed by atoms with Crippen molar-refractivity contribution >= 4 is 34.0 Å². The molecule has 0 aliphatic carbocycles. The number of nitro benzene ring substituents is 1. The SMILES string of the molecule is Cc1ccc(C(=O)N2CCc3nc(NC(=O)c4cnccn4)sc3C2)cc1[N+](=O)[O-]. The molecule has 30 heavy (non-hydrogen) atoms. The lowest BCUT2D eigenvalue weighted by molar-refractivity contribution is -0.385. The lowest BCUT2D eigenvalue weighted by atomic mass is 10.1. The minimum absolute atomic E-state index is 0.0784. The Morgan fingerprint density at radius 1 is 1.30 bits per heavy atom. The third kappa shape index (κ3) is 3.87. The first-order valence-corrected chi connectivity index (χ1v) is 9.84. The molecular weight excluding hydrogens is 408 g/mol. The summed E-state index contributed by atoms with van der Waals surface area (Å²) >= 11 is 1.29. The molecule has 0 saturated carbocycles. The van der Waals surface area contributed by atoms with Gasteiger partial charge in [0.05, 0.1) is 23.4 Å². The van der Waals surface area contributed by atoms with E-state index in [4.69, 9.17) is 0 Å². The molecule has 0 radical (unpaired) electrons. The van der Waals surface area contributed by atoms with Crippen molar-refractivity contribution in [2.45, 2.75) is 19.9 Å². The summed E-state index contributed by atoms with van der Waals surface area (Å²) in [6, 6.07) is 4.49. The van der Waals surface area contributed by atoms with Gasteiger partial charge < -0.3 is 4.90 Å². The number of hydrogen-bond donors (Lipinski definition) is 1. The van der Waals surface area contributed by atoms with Crippen LogP contribution in [0.15, 0.2) is 36.8 Å². The van der Waals surface area contributed by atoms with Crippen molar-refractivity contribution in [3.05, 3.63) is 74.3 Å². The number of carbonyl (C=O) groups excluding carboxylic acids is 2. The third-order valence-electron chi connectivity index (χ3n) is 4.69. The van der Waals surface area contributed by atoms with Crippen molar-refractivity contribution in [2.75, 3.05) is 11.9 Å². The number of nitrogens with one attached hydrogen (secondary N) is 1.